The highest BCUT2D eigenvalue weighted by molar-refractivity contribution is 7.98. The Morgan fingerprint density at radius 3 is 3.00 bits per heavy atom. The largest absolute Gasteiger partial charge is 0.477 e. The van der Waals surface area contributed by atoms with Gasteiger partial charge >= 0.3 is 5.97 Å². The maximum atomic E-state index is 11.7. The van der Waals surface area contributed by atoms with E-state index in [9.17, 15) is 9.59 Å². The van der Waals surface area contributed by atoms with Crippen molar-refractivity contribution in [3.05, 3.63) is 27.5 Å². The molecule has 0 aliphatic heterocycles. The van der Waals surface area contributed by atoms with Crippen LogP contribution in [-0.4, -0.2) is 26.7 Å². The number of carboxylic acid groups (broad SMARTS) is 1. The second-order valence-corrected chi connectivity index (χ2v) is 4.33. The number of rotatable bonds is 2. The summed E-state index contributed by atoms with van der Waals surface area (Å²) in [5.74, 6) is -1.24. The van der Waals surface area contributed by atoms with Gasteiger partial charge < -0.3 is 5.11 Å². The summed E-state index contributed by atoms with van der Waals surface area (Å²) in [5, 5.41) is 10.9. The van der Waals surface area contributed by atoms with Crippen LogP contribution in [0.3, 0.4) is 0 Å². The fourth-order valence-electron chi connectivity index (χ4n) is 1.19. The van der Waals surface area contributed by atoms with Gasteiger partial charge in [-0.25, -0.2) is 9.78 Å². The summed E-state index contributed by atoms with van der Waals surface area (Å²) in [7, 11) is 0. The van der Waals surface area contributed by atoms with Crippen LogP contribution in [0.15, 0.2) is 21.4 Å². The van der Waals surface area contributed by atoms with Crippen LogP contribution in [-0.2, 0) is 0 Å². The van der Waals surface area contributed by atoms with Crippen LogP contribution in [0, 0.1) is 0 Å². The number of hydrogen-bond acceptors (Lipinski definition) is 5. The molecule has 78 valence electrons. The summed E-state index contributed by atoms with van der Waals surface area (Å²) in [6.07, 6.45) is 3.21. The topological polar surface area (TPSA) is 71.7 Å². The first-order chi connectivity index (χ1) is 7.15. The normalized spacial score (nSPS) is 10.7. The van der Waals surface area contributed by atoms with E-state index in [0.717, 1.165) is 11.8 Å². The van der Waals surface area contributed by atoms with Crippen LogP contribution in [0.2, 0.25) is 0 Å². The summed E-state index contributed by atoms with van der Waals surface area (Å²) in [4.78, 5) is 27.3. The lowest BCUT2D eigenvalue weighted by Crippen LogP contribution is -2.23. The molecular weight excluding hydrogens is 236 g/mol. The third-order valence-electron chi connectivity index (χ3n) is 1.84. The minimum Gasteiger partial charge on any atom is -0.477 e. The average molecular weight is 242 g/mol. The van der Waals surface area contributed by atoms with E-state index in [1.165, 1.54) is 21.9 Å². The lowest BCUT2D eigenvalue weighted by Gasteiger charge is -2.01. The number of carboxylic acids is 1. The van der Waals surface area contributed by atoms with E-state index in [1.807, 2.05) is 0 Å². The van der Waals surface area contributed by atoms with E-state index >= 15 is 0 Å². The molecule has 0 saturated carbocycles. The molecule has 5 nitrogen and oxygen atoms in total. The van der Waals surface area contributed by atoms with Gasteiger partial charge in [0.25, 0.3) is 5.56 Å². The number of aromatic carboxylic acids is 1. The van der Waals surface area contributed by atoms with Crippen molar-refractivity contribution >= 4 is 34.0 Å². The van der Waals surface area contributed by atoms with Gasteiger partial charge in [0.1, 0.15) is 5.03 Å². The van der Waals surface area contributed by atoms with Crippen LogP contribution >= 0.6 is 23.1 Å². The predicted molar refractivity (Wildman–Crippen MR) is 58.1 cm³/mol. The summed E-state index contributed by atoms with van der Waals surface area (Å²) in [5.41, 5.74) is -0.795. The number of fused-ring (bicyclic) bond motifs is 1. The Kier molecular flexibility index (Phi) is 2.49. The van der Waals surface area contributed by atoms with Crippen LogP contribution in [0.25, 0.3) is 4.96 Å². The first-order valence-corrected chi connectivity index (χ1v) is 6.02. The summed E-state index contributed by atoms with van der Waals surface area (Å²) in [6.45, 7) is 0. The third-order valence-corrected chi connectivity index (χ3v) is 3.28. The maximum Gasteiger partial charge on any atom is 0.344 e. The molecule has 0 unspecified atom stereocenters. The van der Waals surface area contributed by atoms with Crippen molar-refractivity contribution in [3.63, 3.8) is 0 Å². The Labute approximate surface area is 92.4 Å². The van der Waals surface area contributed by atoms with Crippen LogP contribution in [0.1, 0.15) is 10.4 Å². The van der Waals surface area contributed by atoms with Crippen molar-refractivity contribution in [3.8, 4) is 0 Å². The van der Waals surface area contributed by atoms with Crippen LogP contribution in [0.4, 0.5) is 0 Å². The number of carbonyl (C=O) groups is 1. The number of thioether (sulfide) groups is 1. The highest BCUT2D eigenvalue weighted by Crippen LogP contribution is 2.17. The molecule has 2 aromatic rings. The summed E-state index contributed by atoms with van der Waals surface area (Å²) in [6, 6.07) is 0. The van der Waals surface area contributed by atoms with Gasteiger partial charge in [-0.3, -0.25) is 9.20 Å². The SMILES string of the molecule is CSc1nc2sccn2c(=O)c1C(=O)O. The molecule has 0 aliphatic rings. The number of thiazole rings is 1. The van der Waals surface area contributed by atoms with Gasteiger partial charge in [-0.1, -0.05) is 0 Å². The molecule has 1 N–H and O–H groups in total. The van der Waals surface area contributed by atoms with Crippen molar-refractivity contribution in [2.45, 2.75) is 5.03 Å². The minimum atomic E-state index is -1.24. The monoisotopic (exact) mass is 242 g/mol. The highest BCUT2D eigenvalue weighted by Gasteiger charge is 2.18. The number of hydrogen-bond donors (Lipinski definition) is 1. The maximum absolute atomic E-state index is 11.7. The van der Waals surface area contributed by atoms with Gasteiger partial charge in [0.2, 0.25) is 0 Å². The molecular formula is C8H6N2O3S2. The van der Waals surface area contributed by atoms with Gasteiger partial charge in [-0.2, -0.15) is 0 Å². The van der Waals surface area contributed by atoms with Gasteiger partial charge in [0.05, 0.1) is 0 Å². The molecule has 2 heterocycles. The molecule has 0 amide bonds. The van der Waals surface area contributed by atoms with Crippen molar-refractivity contribution in [1.82, 2.24) is 9.38 Å². The molecule has 7 heteroatoms. The fourth-order valence-corrected chi connectivity index (χ4v) is 2.51. The Balaban J connectivity index is 2.92. The van der Waals surface area contributed by atoms with Crippen molar-refractivity contribution in [1.29, 1.82) is 0 Å². The molecule has 0 atom stereocenters. The number of nitrogens with zero attached hydrogens (tertiary/aromatic N) is 2. The fraction of sp³-hybridized carbons (Fsp3) is 0.125. The molecule has 0 bridgehead atoms. The third kappa shape index (κ3) is 1.53. The molecule has 2 aromatic heterocycles. The second-order valence-electron chi connectivity index (χ2n) is 2.66. The zero-order valence-corrected chi connectivity index (χ0v) is 9.26. The Morgan fingerprint density at radius 2 is 2.40 bits per heavy atom. The van der Waals surface area contributed by atoms with Crippen molar-refractivity contribution in [2.24, 2.45) is 0 Å². The van der Waals surface area contributed by atoms with E-state index < -0.39 is 11.5 Å². The van der Waals surface area contributed by atoms with E-state index in [-0.39, 0.29) is 10.6 Å². The highest BCUT2D eigenvalue weighted by atomic mass is 32.2. The average Bonchev–Trinajstić information content (AvgIpc) is 2.64. The summed E-state index contributed by atoms with van der Waals surface area (Å²) < 4.78 is 1.24. The van der Waals surface area contributed by atoms with Crippen LogP contribution < -0.4 is 5.56 Å². The zero-order chi connectivity index (χ0) is 11.0. The van der Waals surface area contributed by atoms with E-state index in [0.29, 0.717) is 4.96 Å². The minimum absolute atomic E-state index is 0.259. The molecule has 0 saturated heterocycles. The van der Waals surface area contributed by atoms with E-state index in [4.69, 9.17) is 5.11 Å². The molecule has 0 aromatic carbocycles. The first kappa shape index (κ1) is 10.2. The second kappa shape index (κ2) is 3.67. The van der Waals surface area contributed by atoms with Crippen molar-refractivity contribution in [2.75, 3.05) is 6.26 Å². The zero-order valence-electron chi connectivity index (χ0n) is 7.63. The molecule has 0 fully saturated rings. The molecule has 0 aliphatic carbocycles. The Bertz CT molecular complexity index is 587. The quantitative estimate of drug-likeness (QED) is 0.632. The predicted octanol–water partition coefficient (Wildman–Crippen LogP) is 1.18. The molecule has 0 radical (unpaired) electrons. The van der Waals surface area contributed by atoms with Crippen molar-refractivity contribution < 1.29 is 9.90 Å². The van der Waals surface area contributed by atoms with E-state index in [2.05, 4.69) is 4.98 Å². The standard InChI is InChI=1S/C8H6N2O3S2/c1-14-5-4(7(12)13)6(11)10-2-3-15-8(10)9-5/h2-3H,1H3,(H,12,13). The molecule has 15 heavy (non-hydrogen) atoms. The molecule has 2 rings (SSSR count). The van der Waals surface area contributed by atoms with Gasteiger partial charge in [0, 0.05) is 11.6 Å². The Hall–Kier alpha value is -1.34. The van der Waals surface area contributed by atoms with Gasteiger partial charge in [-0.15, -0.1) is 23.1 Å². The smallest absolute Gasteiger partial charge is 0.344 e. The number of aromatic nitrogens is 2. The van der Waals surface area contributed by atoms with Gasteiger partial charge in [0.15, 0.2) is 10.5 Å². The Morgan fingerprint density at radius 1 is 1.67 bits per heavy atom. The first-order valence-electron chi connectivity index (χ1n) is 3.92. The lowest BCUT2D eigenvalue weighted by atomic mass is 10.3. The lowest BCUT2D eigenvalue weighted by molar-refractivity contribution is 0.0690. The summed E-state index contributed by atoms with van der Waals surface area (Å²) >= 11 is 2.45. The van der Waals surface area contributed by atoms with Gasteiger partial charge in [-0.05, 0) is 6.26 Å². The van der Waals surface area contributed by atoms with E-state index in [1.54, 1.807) is 11.6 Å². The molecule has 0 spiro atoms. The van der Waals surface area contributed by atoms with Crippen LogP contribution in [0.5, 0.6) is 0 Å².